The summed E-state index contributed by atoms with van der Waals surface area (Å²) in [5, 5.41) is 8.66. The number of nitrogens with zero attached hydrogens (tertiary/aromatic N) is 1. The molecule has 1 unspecified atom stereocenters. The third-order valence-corrected chi connectivity index (χ3v) is 1.85. The summed E-state index contributed by atoms with van der Waals surface area (Å²) in [7, 11) is 0. The standard InChI is InChI=1S/C10H11N/c1-8-5-3-4-6-10(8)9(2)7-11/h3-6,9H,1-2H3. The average Bonchev–Trinajstić information content (AvgIpc) is 2.04. The zero-order chi connectivity index (χ0) is 8.27. The summed E-state index contributed by atoms with van der Waals surface area (Å²) in [5.74, 6) is 0.0104. The smallest absolute Gasteiger partial charge is 0.0700 e. The first-order valence-corrected chi connectivity index (χ1v) is 3.71. The molecule has 1 aromatic carbocycles. The second kappa shape index (κ2) is 3.21. The predicted molar refractivity (Wildman–Crippen MR) is 45.2 cm³/mol. The van der Waals surface area contributed by atoms with Gasteiger partial charge < -0.3 is 0 Å². The molecule has 0 bridgehead atoms. The molecule has 0 amide bonds. The van der Waals surface area contributed by atoms with Crippen LogP contribution >= 0.6 is 0 Å². The monoisotopic (exact) mass is 145 g/mol. The van der Waals surface area contributed by atoms with Gasteiger partial charge in [-0.1, -0.05) is 24.3 Å². The molecule has 0 aliphatic carbocycles. The van der Waals surface area contributed by atoms with E-state index >= 15 is 0 Å². The molecule has 0 aliphatic rings. The van der Waals surface area contributed by atoms with Gasteiger partial charge in [0.15, 0.2) is 0 Å². The number of hydrogen-bond acceptors (Lipinski definition) is 1. The van der Waals surface area contributed by atoms with Gasteiger partial charge in [0.25, 0.3) is 0 Å². The highest BCUT2D eigenvalue weighted by Gasteiger charge is 2.04. The Hall–Kier alpha value is -1.29. The Morgan fingerprint density at radius 1 is 1.36 bits per heavy atom. The molecule has 1 nitrogen and oxygen atoms in total. The Morgan fingerprint density at radius 3 is 2.55 bits per heavy atom. The van der Waals surface area contributed by atoms with E-state index in [1.54, 1.807) is 0 Å². The van der Waals surface area contributed by atoms with Crippen LogP contribution in [0.2, 0.25) is 0 Å². The molecule has 1 heteroatoms. The molecule has 0 aromatic heterocycles. The molecule has 0 spiro atoms. The summed E-state index contributed by atoms with van der Waals surface area (Å²) in [6, 6.07) is 10.2. The Kier molecular flexibility index (Phi) is 2.28. The highest BCUT2D eigenvalue weighted by atomic mass is 14.3. The van der Waals surface area contributed by atoms with Gasteiger partial charge in [-0.05, 0) is 25.0 Å². The van der Waals surface area contributed by atoms with E-state index in [2.05, 4.69) is 6.07 Å². The Labute approximate surface area is 67.3 Å². The summed E-state index contributed by atoms with van der Waals surface area (Å²) in [4.78, 5) is 0. The van der Waals surface area contributed by atoms with Crippen molar-refractivity contribution in [2.24, 2.45) is 0 Å². The van der Waals surface area contributed by atoms with E-state index in [1.165, 1.54) is 5.56 Å². The molecule has 0 N–H and O–H groups in total. The fourth-order valence-corrected chi connectivity index (χ4v) is 1.14. The lowest BCUT2D eigenvalue weighted by Crippen LogP contribution is -1.91. The number of rotatable bonds is 1. The molecule has 1 atom stereocenters. The third-order valence-electron chi connectivity index (χ3n) is 1.85. The minimum atomic E-state index is 0.0104. The van der Waals surface area contributed by atoms with Crippen LogP contribution in [0.25, 0.3) is 0 Å². The molecule has 1 aromatic rings. The van der Waals surface area contributed by atoms with Crippen LogP contribution < -0.4 is 0 Å². The van der Waals surface area contributed by atoms with Gasteiger partial charge in [0, 0.05) is 0 Å². The van der Waals surface area contributed by atoms with Gasteiger partial charge in [0.2, 0.25) is 0 Å². The van der Waals surface area contributed by atoms with E-state index in [4.69, 9.17) is 5.26 Å². The maximum absolute atomic E-state index is 8.66. The lowest BCUT2D eigenvalue weighted by molar-refractivity contribution is 0.966. The molecular formula is C10H11N. The first kappa shape index (κ1) is 7.81. The summed E-state index contributed by atoms with van der Waals surface area (Å²) < 4.78 is 0. The third kappa shape index (κ3) is 1.59. The number of benzene rings is 1. The topological polar surface area (TPSA) is 23.8 Å². The van der Waals surface area contributed by atoms with Crippen molar-refractivity contribution in [3.05, 3.63) is 35.4 Å². The van der Waals surface area contributed by atoms with Gasteiger partial charge >= 0.3 is 0 Å². The average molecular weight is 145 g/mol. The van der Waals surface area contributed by atoms with Gasteiger partial charge in [-0.15, -0.1) is 0 Å². The van der Waals surface area contributed by atoms with Crippen molar-refractivity contribution in [3.8, 4) is 6.07 Å². The molecule has 56 valence electrons. The van der Waals surface area contributed by atoms with E-state index in [-0.39, 0.29) is 5.92 Å². The lowest BCUT2D eigenvalue weighted by atomic mass is 9.98. The molecule has 0 radical (unpaired) electrons. The van der Waals surface area contributed by atoms with Gasteiger partial charge in [-0.3, -0.25) is 0 Å². The van der Waals surface area contributed by atoms with Crippen molar-refractivity contribution in [3.63, 3.8) is 0 Å². The van der Waals surface area contributed by atoms with Crippen LogP contribution in [0.1, 0.15) is 24.0 Å². The van der Waals surface area contributed by atoms with Crippen LogP contribution in [-0.2, 0) is 0 Å². The van der Waals surface area contributed by atoms with Crippen LogP contribution in [0, 0.1) is 18.3 Å². The molecule has 0 saturated carbocycles. The van der Waals surface area contributed by atoms with Crippen molar-refractivity contribution < 1.29 is 0 Å². The second-order valence-corrected chi connectivity index (χ2v) is 2.71. The first-order valence-electron chi connectivity index (χ1n) is 3.71. The second-order valence-electron chi connectivity index (χ2n) is 2.71. The largest absolute Gasteiger partial charge is 0.198 e. The van der Waals surface area contributed by atoms with Gasteiger partial charge in [-0.2, -0.15) is 5.26 Å². The number of hydrogen-bond donors (Lipinski definition) is 0. The fraction of sp³-hybridized carbons (Fsp3) is 0.300. The highest BCUT2D eigenvalue weighted by Crippen LogP contribution is 2.17. The fourth-order valence-electron chi connectivity index (χ4n) is 1.14. The van der Waals surface area contributed by atoms with Crippen LogP contribution in [0.15, 0.2) is 24.3 Å². The Bertz CT molecular complexity index is 283. The number of aryl methyl sites for hydroxylation is 1. The zero-order valence-electron chi connectivity index (χ0n) is 6.83. The first-order chi connectivity index (χ1) is 5.25. The summed E-state index contributed by atoms with van der Waals surface area (Å²) in [6.07, 6.45) is 0. The summed E-state index contributed by atoms with van der Waals surface area (Å²) >= 11 is 0. The molecule has 0 saturated heterocycles. The molecule has 1 rings (SSSR count). The molecule has 0 fully saturated rings. The van der Waals surface area contributed by atoms with Gasteiger partial charge in [0.05, 0.1) is 12.0 Å². The van der Waals surface area contributed by atoms with Gasteiger partial charge in [0.1, 0.15) is 0 Å². The van der Waals surface area contributed by atoms with E-state index in [9.17, 15) is 0 Å². The maximum atomic E-state index is 8.66. The van der Waals surface area contributed by atoms with E-state index in [0.29, 0.717) is 0 Å². The summed E-state index contributed by atoms with van der Waals surface area (Å²) in [6.45, 7) is 3.95. The summed E-state index contributed by atoms with van der Waals surface area (Å²) in [5.41, 5.74) is 2.33. The Balaban J connectivity index is 3.05. The lowest BCUT2D eigenvalue weighted by Gasteiger charge is -2.05. The highest BCUT2D eigenvalue weighted by molar-refractivity contribution is 5.31. The van der Waals surface area contributed by atoms with Gasteiger partial charge in [-0.25, -0.2) is 0 Å². The van der Waals surface area contributed by atoms with E-state index in [1.807, 2.05) is 38.1 Å². The minimum Gasteiger partial charge on any atom is -0.198 e. The SMILES string of the molecule is Cc1ccccc1C(C)C#N. The number of nitriles is 1. The maximum Gasteiger partial charge on any atom is 0.0700 e. The van der Waals surface area contributed by atoms with Crippen LogP contribution in [-0.4, -0.2) is 0 Å². The normalized spacial score (nSPS) is 12.1. The molecular weight excluding hydrogens is 134 g/mol. The van der Waals surface area contributed by atoms with Crippen LogP contribution in [0.3, 0.4) is 0 Å². The van der Waals surface area contributed by atoms with Crippen molar-refractivity contribution in [1.29, 1.82) is 5.26 Å². The van der Waals surface area contributed by atoms with E-state index in [0.717, 1.165) is 5.56 Å². The Morgan fingerprint density at radius 2 is 2.00 bits per heavy atom. The van der Waals surface area contributed by atoms with Crippen LogP contribution in [0.4, 0.5) is 0 Å². The predicted octanol–water partition coefficient (Wildman–Crippen LogP) is 2.62. The molecule has 0 heterocycles. The van der Waals surface area contributed by atoms with Crippen molar-refractivity contribution in [1.82, 2.24) is 0 Å². The van der Waals surface area contributed by atoms with E-state index < -0.39 is 0 Å². The van der Waals surface area contributed by atoms with Crippen molar-refractivity contribution in [2.45, 2.75) is 19.8 Å². The zero-order valence-corrected chi connectivity index (χ0v) is 6.83. The molecule has 0 aliphatic heterocycles. The van der Waals surface area contributed by atoms with Crippen molar-refractivity contribution in [2.75, 3.05) is 0 Å². The van der Waals surface area contributed by atoms with Crippen LogP contribution in [0.5, 0.6) is 0 Å². The van der Waals surface area contributed by atoms with Crippen molar-refractivity contribution >= 4 is 0 Å². The minimum absolute atomic E-state index is 0.0104. The quantitative estimate of drug-likeness (QED) is 0.596. The molecule has 11 heavy (non-hydrogen) atoms.